The predicted octanol–water partition coefficient (Wildman–Crippen LogP) is 3.58. The highest BCUT2D eigenvalue weighted by Gasteiger charge is 2.47. The normalized spacial score (nSPS) is 28.9. The molecule has 1 aromatic carbocycles. The number of rotatable bonds is 4. The van der Waals surface area contributed by atoms with Gasteiger partial charge in [0.25, 0.3) is 0 Å². The summed E-state index contributed by atoms with van der Waals surface area (Å²) in [6.07, 6.45) is 6.02. The lowest BCUT2D eigenvalue weighted by atomic mass is 9.64. The van der Waals surface area contributed by atoms with Gasteiger partial charge in [0.15, 0.2) is 0 Å². The van der Waals surface area contributed by atoms with Crippen LogP contribution in [-0.4, -0.2) is 23.4 Å². The Morgan fingerprint density at radius 1 is 1.15 bits per heavy atom. The number of ether oxygens (including phenoxy) is 1. The molecule has 0 heterocycles. The summed E-state index contributed by atoms with van der Waals surface area (Å²) in [5.41, 5.74) is 1.06. The van der Waals surface area contributed by atoms with Crippen molar-refractivity contribution in [3.05, 3.63) is 24.3 Å². The molecular weight excluding hydrogens is 250 g/mol. The van der Waals surface area contributed by atoms with Gasteiger partial charge in [-0.15, -0.1) is 0 Å². The summed E-state index contributed by atoms with van der Waals surface area (Å²) in [4.78, 5) is 0. The lowest BCUT2D eigenvalue weighted by Gasteiger charge is -2.49. The molecule has 2 saturated carbocycles. The van der Waals surface area contributed by atoms with Gasteiger partial charge in [0, 0.05) is 17.1 Å². The van der Waals surface area contributed by atoms with Crippen LogP contribution in [0.5, 0.6) is 5.75 Å². The molecule has 1 aromatic rings. The third-order valence-electron chi connectivity index (χ3n) is 5.02. The van der Waals surface area contributed by atoms with Crippen molar-refractivity contribution < 1.29 is 9.84 Å². The fourth-order valence-electron chi connectivity index (χ4n) is 3.18. The van der Waals surface area contributed by atoms with Crippen molar-refractivity contribution in [3.63, 3.8) is 0 Å². The maximum absolute atomic E-state index is 9.77. The van der Waals surface area contributed by atoms with Crippen molar-refractivity contribution in [2.45, 2.75) is 64.2 Å². The van der Waals surface area contributed by atoms with Crippen LogP contribution in [0.15, 0.2) is 24.3 Å². The molecule has 2 fully saturated rings. The first kappa shape index (κ1) is 13.7. The average molecular weight is 275 g/mol. The van der Waals surface area contributed by atoms with Gasteiger partial charge in [0.2, 0.25) is 0 Å². The van der Waals surface area contributed by atoms with Gasteiger partial charge in [0.05, 0.1) is 12.2 Å². The Hall–Kier alpha value is -1.22. The number of anilines is 1. The van der Waals surface area contributed by atoms with Crippen LogP contribution in [0.1, 0.15) is 46.0 Å². The van der Waals surface area contributed by atoms with E-state index in [2.05, 4.69) is 31.3 Å². The fraction of sp³-hybridized carbons (Fsp3) is 0.647. The molecular formula is C17H25NO2. The van der Waals surface area contributed by atoms with Crippen molar-refractivity contribution in [1.82, 2.24) is 0 Å². The first-order valence-electron chi connectivity index (χ1n) is 7.77. The average Bonchev–Trinajstić information content (AvgIpc) is 2.93. The highest BCUT2D eigenvalue weighted by Crippen LogP contribution is 2.42. The molecule has 2 atom stereocenters. The Balaban J connectivity index is 1.56. The Bertz CT molecular complexity index is 449. The molecule has 2 N–H and O–H groups in total. The Kier molecular flexibility index (Phi) is 3.63. The summed E-state index contributed by atoms with van der Waals surface area (Å²) >= 11 is 0. The summed E-state index contributed by atoms with van der Waals surface area (Å²) in [6, 6.07) is 8.58. The van der Waals surface area contributed by atoms with Gasteiger partial charge >= 0.3 is 0 Å². The van der Waals surface area contributed by atoms with Crippen LogP contribution < -0.4 is 10.1 Å². The lowest BCUT2D eigenvalue weighted by Crippen LogP contribution is -2.56. The Labute approximate surface area is 121 Å². The second-order valence-electron chi connectivity index (χ2n) is 6.82. The minimum atomic E-state index is -0.190. The smallest absolute Gasteiger partial charge is 0.119 e. The lowest BCUT2D eigenvalue weighted by molar-refractivity contribution is -0.0510. The zero-order chi connectivity index (χ0) is 14.2. The van der Waals surface area contributed by atoms with Crippen LogP contribution in [0.3, 0.4) is 0 Å². The minimum absolute atomic E-state index is 0.0426. The molecule has 20 heavy (non-hydrogen) atoms. The topological polar surface area (TPSA) is 41.5 Å². The molecule has 110 valence electrons. The summed E-state index contributed by atoms with van der Waals surface area (Å²) in [5.74, 6) is 0.968. The van der Waals surface area contributed by atoms with Gasteiger partial charge in [0.1, 0.15) is 5.75 Å². The van der Waals surface area contributed by atoms with Crippen molar-refractivity contribution in [1.29, 1.82) is 0 Å². The van der Waals surface area contributed by atoms with Gasteiger partial charge in [-0.3, -0.25) is 0 Å². The summed E-state index contributed by atoms with van der Waals surface area (Å²) in [6.45, 7) is 4.22. The maximum Gasteiger partial charge on any atom is 0.119 e. The maximum atomic E-state index is 9.77. The van der Waals surface area contributed by atoms with E-state index in [9.17, 15) is 5.11 Å². The molecule has 2 aliphatic carbocycles. The third kappa shape index (κ3) is 2.64. The molecule has 2 aliphatic rings. The second-order valence-corrected chi connectivity index (χ2v) is 6.82. The van der Waals surface area contributed by atoms with E-state index in [1.165, 1.54) is 25.7 Å². The first-order valence-corrected chi connectivity index (χ1v) is 7.77. The monoisotopic (exact) mass is 275 g/mol. The number of aliphatic hydroxyl groups is 1. The number of aliphatic hydroxyl groups excluding tert-OH is 1. The van der Waals surface area contributed by atoms with E-state index < -0.39 is 0 Å². The van der Waals surface area contributed by atoms with E-state index in [1.807, 2.05) is 12.1 Å². The van der Waals surface area contributed by atoms with Crippen LogP contribution in [-0.2, 0) is 0 Å². The molecule has 0 radical (unpaired) electrons. The van der Waals surface area contributed by atoms with E-state index in [-0.39, 0.29) is 11.5 Å². The molecule has 0 saturated heterocycles. The van der Waals surface area contributed by atoms with E-state index in [0.717, 1.165) is 17.9 Å². The highest BCUT2D eigenvalue weighted by molar-refractivity contribution is 5.48. The van der Waals surface area contributed by atoms with Crippen LogP contribution in [0, 0.1) is 5.41 Å². The molecule has 3 nitrogen and oxygen atoms in total. The minimum Gasteiger partial charge on any atom is -0.490 e. The summed E-state index contributed by atoms with van der Waals surface area (Å²) < 4.78 is 5.97. The Morgan fingerprint density at radius 3 is 2.35 bits per heavy atom. The van der Waals surface area contributed by atoms with Crippen LogP contribution >= 0.6 is 0 Å². The Morgan fingerprint density at radius 2 is 1.80 bits per heavy atom. The van der Waals surface area contributed by atoms with E-state index in [1.54, 1.807) is 0 Å². The summed E-state index contributed by atoms with van der Waals surface area (Å²) in [7, 11) is 0. The van der Waals surface area contributed by atoms with Gasteiger partial charge in [-0.2, -0.15) is 0 Å². The molecule has 0 aliphatic heterocycles. The highest BCUT2D eigenvalue weighted by atomic mass is 16.5. The zero-order valence-electron chi connectivity index (χ0n) is 12.4. The molecule has 0 spiro atoms. The molecule has 2 unspecified atom stereocenters. The van der Waals surface area contributed by atoms with E-state index in [0.29, 0.717) is 12.1 Å². The van der Waals surface area contributed by atoms with Crippen molar-refractivity contribution >= 4 is 5.69 Å². The van der Waals surface area contributed by atoms with Gasteiger partial charge in [-0.25, -0.2) is 0 Å². The van der Waals surface area contributed by atoms with Crippen molar-refractivity contribution in [2.24, 2.45) is 5.41 Å². The standard InChI is InChI=1S/C17H25NO2/c1-17(2)15(11-16(17)19)18-12-7-9-14(10-8-12)20-13-5-3-4-6-13/h7-10,13,15-16,18-19H,3-6,11H2,1-2H3. The van der Waals surface area contributed by atoms with Gasteiger partial charge in [-0.1, -0.05) is 13.8 Å². The van der Waals surface area contributed by atoms with E-state index in [4.69, 9.17) is 4.74 Å². The number of hydrogen-bond acceptors (Lipinski definition) is 3. The number of hydrogen-bond donors (Lipinski definition) is 2. The van der Waals surface area contributed by atoms with Crippen molar-refractivity contribution in [3.8, 4) is 5.75 Å². The second kappa shape index (κ2) is 5.28. The van der Waals surface area contributed by atoms with Crippen LogP contribution in [0.4, 0.5) is 5.69 Å². The molecule has 0 aromatic heterocycles. The van der Waals surface area contributed by atoms with Gasteiger partial charge < -0.3 is 15.2 Å². The molecule has 0 bridgehead atoms. The molecule has 3 heteroatoms. The fourth-order valence-corrected chi connectivity index (χ4v) is 3.18. The summed E-state index contributed by atoms with van der Waals surface area (Å²) in [5, 5.41) is 13.3. The SMILES string of the molecule is CC1(C)C(O)CC1Nc1ccc(OC2CCCC2)cc1. The van der Waals surface area contributed by atoms with Crippen LogP contribution in [0.25, 0.3) is 0 Å². The zero-order valence-corrected chi connectivity index (χ0v) is 12.4. The predicted molar refractivity (Wildman–Crippen MR) is 81.1 cm³/mol. The van der Waals surface area contributed by atoms with E-state index >= 15 is 0 Å². The molecule has 0 amide bonds. The van der Waals surface area contributed by atoms with Crippen LogP contribution in [0.2, 0.25) is 0 Å². The quantitative estimate of drug-likeness (QED) is 0.882. The van der Waals surface area contributed by atoms with Gasteiger partial charge in [-0.05, 0) is 56.4 Å². The third-order valence-corrected chi connectivity index (χ3v) is 5.02. The number of nitrogens with one attached hydrogen (secondary N) is 1. The first-order chi connectivity index (χ1) is 9.55. The largest absolute Gasteiger partial charge is 0.490 e. The molecule has 3 rings (SSSR count). The number of benzene rings is 1. The van der Waals surface area contributed by atoms with Crippen molar-refractivity contribution in [2.75, 3.05) is 5.32 Å².